The predicted molar refractivity (Wildman–Crippen MR) is 117 cm³/mol. The smallest absolute Gasteiger partial charge is 0.254 e. The highest BCUT2D eigenvalue weighted by atomic mass is 16.2. The van der Waals surface area contributed by atoms with E-state index in [1.807, 2.05) is 19.2 Å². The molecule has 2 aromatic rings. The number of aryl methyl sites for hydroxylation is 1. The van der Waals surface area contributed by atoms with Crippen LogP contribution in [0.4, 0.5) is 5.82 Å². The zero-order valence-electron chi connectivity index (χ0n) is 17.4. The van der Waals surface area contributed by atoms with Gasteiger partial charge in [-0.25, -0.2) is 4.98 Å². The summed E-state index contributed by atoms with van der Waals surface area (Å²) in [4.78, 5) is 21.9. The normalized spacial score (nSPS) is 22.2. The number of aromatic nitrogens is 1. The van der Waals surface area contributed by atoms with Crippen molar-refractivity contribution in [1.82, 2.24) is 14.8 Å². The standard InChI is InChI=1S/C24H32N4O/c1-25-22-17-21(10-13-26-22)23(29)28-16-12-24(19-28)11-6-15-27(18-24)14-5-9-20-7-3-2-4-8-20/h2-4,7-8,10,13,17H,5-6,9,11-12,14-16,18-19H2,1H3,(H,25,26). The predicted octanol–water partition coefficient (Wildman–Crippen LogP) is 3.68. The van der Waals surface area contributed by atoms with E-state index in [4.69, 9.17) is 0 Å². The molecule has 1 unspecified atom stereocenters. The third kappa shape index (κ3) is 4.78. The van der Waals surface area contributed by atoms with E-state index >= 15 is 0 Å². The van der Waals surface area contributed by atoms with Crippen LogP contribution in [0.3, 0.4) is 0 Å². The number of nitrogens with one attached hydrogen (secondary N) is 1. The molecule has 29 heavy (non-hydrogen) atoms. The van der Waals surface area contributed by atoms with Gasteiger partial charge in [-0.05, 0) is 62.9 Å². The number of piperidine rings is 1. The van der Waals surface area contributed by atoms with Gasteiger partial charge in [0.25, 0.3) is 5.91 Å². The quantitative estimate of drug-likeness (QED) is 0.815. The average molecular weight is 393 g/mol. The number of carbonyl (C=O) groups is 1. The lowest BCUT2D eigenvalue weighted by atomic mass is 9.79. The van der Waals surface area contributed by atoms with E-state index in [9.17, 15) is 4.79 Å². The summed E-state index contributed by atoms with van der Waals surface area (Å²) in [6.45, 7) is 5.23. The molecule has 0 saturated carbocycles. The minimum Gasteiger partial charge on any atom is -0.373 e. The Kier molecular flexibility index (Phi) is 6.14. The second kappa shape index (κ2) is 8.95. The summed E-state index contributed by atoms with van der Waals surface area (Å²) in [6, 6.07) is 14.4. The Hall–Kier alpha value is -2.40. The zero-order valence-corrected chi connectivity index (χ0v) is 17.4. The lowest BCUT2D eigenvalue weighted by molar-refractivity contribution is 0.0688. The Labute approximate surface area is 174 Å². The number of hydrogen-bond donors (Lipinski definition) is 1. The van der Waals surface area contributed by atoms with E-state index in [1.165, 1.54) is 31.4 Å². The van der Waals surface area contributed by atoms with Gasteiger partial charge in [-0.2, -0.15) is 0 Å². The van der Waals surface area contributed by atoms with E-state index in [0.29, 0.717) is 0 Å². The molecule has 0 radical (unpaired) electrons. The van der Waals surface area contributed by atoms with E-state index in [-0.39, 0.29) is 11.3 Å². The van der Waals surface area contributed by atoms with Crippen LogP contribution in [-0.4, -0.2) is 60.5 Å². The van der Waals surface area contributed by atoms with Gasteiger partial charge < -0.3 is 15.1 Å². The number of hydrogen-bond acceptors (Lipinski definition) is 4. The molecular weight excluding hydrogens is 360 g/mol. The minimum atomic E-state index is 0.141. The van der Waals surface area contributed by atoms with Crippen molar-refractivity contribution in [2.45, 2.75) is 32.1 Å². The lowest BCUT2D eigenvalue weighted by Crippen LogP contribution is -2.45. The SMILES string of the molecule is CNc1cc(C(=O)N2CCC3(CCCN(CCCc4ccccc4)C3)C2)ccn1. The van der Waals surface area contributed by atoms with Crippen molar-refractivity contribution in [2.24, 2.45) is 5.41 Å². The van der Waals surface area contributed by atoms with Crippen molar-refractivity contribution in [3.8, 4) is 0 Å². The fourth-order valence-corrected chi connectivity index (χ4v) is 4.98. The Morgan fingerprint density at radius 3 is 2.83 bits per heavy atom. The van der Waals surface area contributed by atoms with Gasteiger partial charge in [0.15, 0.2) is 0 Å². The second-order valence-electron chi connectivity index (χ2n) is 8.63. The maximum atomic E-state index is 13.0. The van der Waals surface area contributed by atoms with Crippen molar-refractivity contribution >= 4 is 11.7 Å². The third-order valence-electron chi connectivity index (χ3n) is 6.51. The van der Waals surface area contributed by atoms with Crippen LogP contribution in [-0.2, 0) is 6.42 Å². The average Bonchev–Trinajstić information content (AvgIpc) is 3.17. The molecular formula is C24H32N4O. The molecule has 154 valence electrons. The fraction of sp³-hybridized carbons (Fsp3) is 0.500. The summed E-state index contributed by atoms with van der Waals surface area (Å²) in [5, 5.41) is 3.02. The summed E-state index contributed by atoms with van der Waals surface area (Å²) in [5.41, 5.74) is 2.44. The molecule has 2 aliphatic heterocycles. The first-order valence-corrected chi connectivity index (χ1v) is 10.9. The van der Waals surface area contributed by atoms with Crippen molar-refractivity contribution in [1.29, 1.82) is 0 Å². The van der Waals surface area contributed by atoms with Crippen molar-refractivity contribution < 1.29 is 4.79 Å². The number of nitrogens with zero attached hydrogens (tertiary/aromatic N) is 3. The minimum absolute atomic E-state index is 0.141. The van der Waals surface area contributed by atoms with E-state index < -0.39 is 0 Å². The van der Waals surface area contributed by atoms with Crippen molar-refractivity contribution in [3.05, 3.63) is 59.8 Å². The molecule has 0 aliphatic carbocycles. The van der Waals surface area contributed by atoms with Crippen molar-refractivity contribution in [3.63, 3.8) is 0 Å². The first-order chi connectivity index (χ1) is 14.2. The van der Waals surface area contributed by atoms with Gasteiger partial charge in [0.2, 0.25) is 0 Å². The monoisotopic (exact) mass is 392 g/mol. The van der Waals surface area contributed by atoms with E-state index in [0.717, 1.165) is 50.4 Å². The van der Waals surface area contributed by atoms with Crippen molar-refractivity contribution in [2.75, 3.05) is 45.1 Å². The van der Waals surface area contributed by atoms with Gasteiger partial charge in [-0.1, -0.05) is 30.3 Å². The van der Waals surface area contributed by atoms with Crippen LogP contribution in [0.2, 0.25) is 0 Å². The molecule has 2 saturated heterocycles. The summed E-state index contributed by atoms with van der Waals surface area (Å²) in [7, 11) is 1.83. The molecule has 2 fully saturated rings. The molecule has 1 N–H and O–H groups in total. The van der Waals surface area contributed by atoms with Gasteiger partial charge >= 0.3 is 0 Å². The number of benzene rings is 1. The number of likely N-dealkylation sites (tertiary alicyclic amines) is 2. The van der Waals surface area contributed by atoms with Crippen LogP contribution in [0.25, 0.3) is 0 Å². The number of pyridine rings is 1. The molecule has 0 bridgehead atoms. The Balaban J connectivity index is 1.32. The maximum absolute atomic E-state index is 13.0. The molecule has 1 spiro atoms. The highest BCUT2D eigenvalue weighted by Crippen LogP contribution is 2.39. The highest BCUT2D eigenvalue weighted by molar-refractivity contribution is 5.95. The number of rotatable bonds is 6. The lowest BCUT2D eigenvalue weighted by Gasteiger charge is -2.40. The van der Waals surface area contributed by atoms with E-state index in [1.54, 1.807) is 6.20 Å². The first kappa shape index (κ1) is 19.9. The summed E-state index contributed by atoms with van der Waals surface area (Å²) < 4.78 is 0. The van der Waals surface area contributed by atoms with Gasteiger partial charge in [0, 0.05) is 43.9 Å². The molecule has 1 aromatic heterocycles. The first-order valence-electron chi connectivity index (χ1n) is 10.9. The Bertz CT molecular complexity index is 825. The molecule has 5 nitrogen and oxygen atoms in total. The zero-order chi connectivity index (χ0) is 20.1. The van der Waals surface area contributed by atoms with Crippen LogP contribution in [0.5, 0.6) is 0 Å². The van der Waals surface area contributed by atoms with Crippen LogP contribution < -0.4 is 5.32 Å². The van der Waals surface area contributed by atoms with Crippen LogP contribution in [0, 0.1) is 5.41 Å². The Morgan fingerprint density at radius 2 is 2.00 bits per heavy atom. The van der Waals surface area contributed by atoms with Gasteiger partial charge in [0.1, 0.15) is 5.82 Å². The maximum Gasteiger partial charge on any atom is 0.254 e. The number of carbonyl (C=O) groups excluding carboxylic acids is 1. The topological polar surface area (TPSA) is 48.5 Å². The fourth-order valence-electron chi connectivity index (χ4n) is 4.98. The molecule has 3 heterocycles. The third-order valence-corrected chi connectivity index (χ3v) is 6.51. The molecule has 4 rings (SSSR count). The Morgan fingerprint density at radius 1 is 1.14 bits per heavy atom. The molecule has 2 aliphatic rings. The molecule has 5 heteroatoms. The summed E-state index contributed by atoms with van der Waals surface area (Å²) in [6.07, 6.45) is 7.66. The molecule has 1 amide bonds. The van der Waals surface area contributed by atoms with E-state index in [2.05, 4.69) is 50.4 Å². The highest BCUT2D eigenvalue weighted by Gasteiger charge is 2.42. The van der Waals surface area contributed by atoms with Crippen LogP contribution >= 0.6 is 0 Å². The van der Waals surface area contributed by atoms with Gasteiger partial charge in [0.05, 0.1) is 0 Å². The number of anilines is 1. The second-order valence-corrected chi connectivity index (χ2v) is 8.63. The van der Waals surface area contributed by atoms with Gasteiger partial charge in [-0.3, -0.25) is 4.79 Å². The summed E-state index contributed by atoms with van der Waals surface area (Å²) >= 11 is 0. The van der Waals surface area contributed by atoms with Crippen LogP contribution in [0.1, 0.15) is 41.6 Å². The molecule has 1 atom stereocenters. The summed E-state index contributed by atoms with van der Waals surface area (Å²) in [5.74, 6) is 0.883. The molecule has 1 aromatic carbocycles. The van der Waals surface area contributed by atoms with Crippen LogP contribution in [0.15, 0.2) is 48.7 Å². The largest absolute Gasteiger partial charge is 0.373 e. The number of amides is 1. The van der Waals surface area contributed by atoms with Gasteiger partial charge in [-0.15, -0.1) is 0 Å².